The van der Waals surface area contributed by atoms with Gasteiger partial charge in [-0.3, -0.25) is 4.79 Å². The number of carbonyl (C=O) groups is 1. The van der Waals surface area contributed by atoms with E-state index in [0.29, 0.717) is 18.7 Å². The van der Waals surface area contributed by atoms with Crippen LogP contribution in [-0.2, 0) is 21.4 Å². The Bertz CT molecular complexity index is 927. The summed E-state index contributed by atoms with van der Waals surface area (Å²) in [4.78, 5) is 12.9. The minimum absolute atomic E-state index is 0.106. The Morgan fingerprint density at radius 2 is 1.96 bits per heavy atom. The van der Waals surface area contributed by atoms with Gasteiger partial charge in [0.1, 0.15) is 5.75 Å². The van der Waals surface area contributed by atoms with Crippen LogP contribution in [0.2, 0.25) is 0 Å². The monoisotopic (exact) mass is 406 g/mol. The molecular weight excluding hydrogens is 384 g/mol. The van der Waals surface area contributed by atoms with Crippen molar-refractivity contribution in [1.82, 2.24) is 4.72 Å². The maximum Gasteiger partial charge on any atom is 0.240 e. The molecule has 0 unspecified atom stereocenters. The maximum absolute atomic E-state index is 12.6. The van der Waals surface area contributed by atoms with Crippen molar-refractivity contribution in [2.24, 2.45) is 0 Å². The molecule has 2 aromatic rings. The number of sulfonamides is 1. The number of ether oxygens (including phenoxy) is 1. The van der Waals surface area contributed by atoms with Crippen molar-refractivity contribution in [3.8, 4) is 5.75 Å². The highest BCUT2D eigenvalue weighted by Gasteiger charge is 2.22. The molecule has 1 aliphatic rings. The Labute approximate surface area is 163 Å². The largest absolute Gasteiger partial charge is 0.494 e. The molecule has 1 aliphatic heterocycles. The van der Waals surface area contributed by atoms with Crippen LogP contribution in [0.3, 0.4) is 0 Å². The van der Waals surface area contributed by atoms with Crippen molar-refractivity contribution in [1.29, 1.82) is 0 Å². The standard InChI is InChI=1S/C19H22N2O4S2/c1-3-25-15-6-4-14(5-7-15)12-20-27(23,24)16-8-9-18-17(11-16)21-19(22)10-13(2)26-18/h4-9,11,13,20H,3,10,12H2,1-2H3,(H,21,22)/t13-/m1/s1. The second-order valence-electron chi connectivity index (χ2n) is 6.24. The van der Waals surface area contributed by atoms with Gasteiger partial charge in [-0.25, -0.2) is 13.1 Å². The van der Waals surface area contributed by atoms with Crippen LogP contribution >= 0.6 is 11.8 Å². The Hall–Kier alpha value is -2.03. The van der Waals surface area contributed by atoms with E-state index in [0.717, 1.165) is 16.2 Å². The van der Waals surface area contributed by atoms with E-state index < -0.39 is 10.0 Å². The number of thioether (sulfide) groups is 1. The molecule has 1 atom stereocenters. The van der Waals surface area contributed by atoms with Crippen LogP contribution in [0.1, 0.15) is 25.8 Å². The van der Waals surface area contributed by atoms with Crippen LogP contribution in [0.25, 0.3) is 0 Å². The molecule has 3 rings (SSSR count). The summed E-state index contributed by atoms with van der Waals surface area (Å²) in [5, 5.41) is 2.94. The highest BCUT2D eigenvalue weighted by Crippen LogP contribution is 2.36. The third-order valence-electron chi connectivity index (χ3n) is 4.04. The van der Waals surface area contributed by atoms with Crippen LogP contribution in [0, 0.1) is 0 Å². The van der Waals surface area contributed by atoms with E-state index in [2.05, 4.69) is 10.0 Å². The van der Waals surface area contributed by atoms with E-state index in [4.69, 9.17) is 4.74 Å². The number of hydrogen-bond acceptors (Lipinski definition) is 5. The summed E-state index contributed by atoms with van der Waals surface area (Å²) in [6, 6.07) is 12.1. The lowest BCUT2D eigenvalue weighted by Gasteiger charge is -2.11. The van der Waals surface area contributed by atoms with Crippen molar-refractivity contribution >= 4 is 33.4 Å². The van der Waals surface area contributed by atoms with Crippen molar-refractivity contribution in [3.63, 3.8) is 0 Å². The summed E-state index contributed by atoms with van der Waals surface area (Å²) in [7, 11) is -3.70. The van der Waals surface area contributed by atoms with Crippen LogP contribution in [0.5, 0.6) is 5.75 Å². The first-order chi connectivity index (χ1) is 12.9. The van der Waals surface area contributed by atoms with E-state index >= 15 is 0 Å². The zero-order valence-electron chi connectivity index (χ0n) is 15.2. The maximum atomic E-state index is 12.6. The topological polar surface area (TPSA) is 84.5 Å². The Balaban J connectivity index is 1.74. The fourth-order valence-electron chi connectivity index (χ4n) is 2.73. The van der Waals surface area contributed by atoms with Gasteiger partial charge in [-0.1, -0.05) is 19.1 Å². The van der Waals surface area contributed by atoms with E-state index in [9.17, 15) is 13.2 Å². The van der Waals surface area contributed by atoms with Crippen LogP contribution in [0.4, 0.5) is 5.69 Å². The third-order valence-corrected chi connectivity index (χ3v) is 6.61. The molecule has 6 nitrogen and oxygen atoms in total. The lowest BCUT2D eigenvalue weighted by Crippen LogP contribution is -2.23. The fraction of sp³-hybridized carbons (Fsp3) is 0.316. The molecule has 0 aromatic heterocycles. The summed E-state index contributed by atoms with van der Waals surface area (Å²) in [5.41, 5.74) is 1.37. The van der Waals surface area contributed by atoms with Gasteiger partial charge in [0.05, 0.1) is 17.2 Å². The van der Waals surface area contributed by atoms with Gasteiger partial charge in [-0.15, -0.1) is 11.8 Å². The predicted molar refractivity (Wildman–Crippen MR) is 107 cm³/mol. The Kier molecular flexibility index (Phi) is 6.08. The molecule has 1 amide bonds. The molecule has 0 radical (unpaired) electrons. The Morgan fingerprint density at radius 3 is 2.67 bits per heavy atom. The predicted octanol–water partition coefficient (Wildman–Crippen LogP) is 3.39. The van der Waals surface area contributed by atoms with Crippen molar-refractivity contribution in [2.75, 3.05) is 11.9 Å². The molecule has 0 aliphatic carbocycles. The van der Waals surface area contributed by atoms with E-state index in [1.165, 1.54) is 6.07 Å². The first-order valence-corrected chi connectivity index (χ1v) is 11.1. The third kappa shape index (κ3) is 5.03. The van der Waals surface area contributed by atoms with Crippen LogP contribution in [0.15, 0.2) is 52.3 Å². The number of amides is 1. The SMILES string of the molecule is CCOc1ccc(CNS(=O)(=O)c2ccc3c(c2)NC(=O)C[C@@H](C)S3)cc1. The van der Waals surface area contributed by atoms with Gasteiger partial charge in [0.25, 0.3) is 0 Å². The number of benzene rings is 2. The molecule has 0 bridgehead atoms. The van der Waals surface area contributed by atoms with E-state index in [-0.39, 0.29) is 22.6 Å². The quantitative estimate of drug-likeness (QED) is 0.768. The van der Waals surface area contributed by atoms with Crippen molar-refractivity contribution in [3.05, 3.63) is 48.0 Å². The molecule has 144 valence electrons. The number of fused-ring (bicyclic) bond motifs is 1. The number of hydrogen-bond donors (Lipinski definition) is 2. The van der Waals surface area contributed by atoms with Crippen LogP contribution < -0.4 is 14.8 Å². The van der Waals surface area contributed by atoms with Gasteiger partial charge < -0.3 is 10.1 Å². The molecule has 0 saturated heterocycles. The molecule has 27 heavy (non-hydrogen) atoms. The van der Waals surface area contributed by atoms with Gasteiger partial charge in [-0.2, -0.15) is 0 Å². The number of nitrogens with one attached hydrogen (secondary N) is 2. The Morgan fingerprint density at radius 1 is 1.22 bits per heavy atom. The smallest absolute Gasteiger partial charge is 0.240 e. The normalized spacial score (nSPS) is 17.0. The number of carbonyl (C=O) groups excluding carboxylic acids is 1. The van der Waals surface area contributed by atoms with E-state index in [1.807, 2.05) is 38.1 Å². The molecule has 0 spiro atoms. The first-order valence-electron chi connectivity index (χ1n) is 8.69. The zero-order valence-corrected chi connectivity index (χ0v) is 16.8. The average Bonchev–Trinajstić information content (AvgIpc) is 2.77. The highest BCUT2D eigenvalue weighted by atomic mass is 32.2. The minimum atomic E-state index is -3.70. The second kappa shape index (κ2) is 8.33. The fourth-order valence-corrected chi connectivity index (χ4v) is 4.82. The van der Waals surface area contributed by atoms with Gasteiger partial charge in [-0.05, 0) is 42.8 Å². The summed E-state index contributed by atoms with van der Waals surface area (Å²) < 4.78 is 33.3. The summed E-state index contributed by atoms with van der Waals surface area (Å²) in [5.74, 6) is 0.642. The van der Waals surface area contributed by atoms with Gasteiger partial charge >= 0.3 is 0 Å². The molecule has 2 N–H and O–H groups in total. The molecular formula is C19H22N2O4S2. The second-order valence-corrected chi connectivity index (χ2v) is 9.49. The lowest BCUT2D eigenvalue weighted by atomic mass is 10.2. The van der Waals surface area contributed by atoms with Crippen molar-refractivity contribution < 1.29 is 17.9 Å². The molecule has 0 fully saturated rings. The van der Waals surface area contributed by atoms with Gasteiger partial charge in [0.15, 0.2) is 0 Å². The van der Waals surface area contributed by atoms with E-state index in [1.54, 1.807) is 23.9 Å². The summed E-state index contributed by atoms with van der Waals surface area (Å²) >= 11 is 1.56. The molecule has 2 aromatic carbocycles. The summed E-state index contributed by atoms with van der Waals surface area (Å²) in [6.07, 6.45) is 0.400. The highest BCUT2D eigenvalue weighted by molar-refractivity contribution is 8.00. The molecule has 1 heterocycles. The number of rotatable bonds is 6. The lowest BCUT2D eigenvalue weighted by molar-refractivity contribution is -0.116. The van der Waals surface area contributed by atoms with Crippen molar-refractivity contribution in [2.45, 2.75) is 41.9 Å². The summed E-state index contributed by atoms with van der Waals surface area (Å²) in [6.45, 7) is 4.63. The van der Waals surface area contributed by atoms with Crippen LogP contribution in [-0.4, -0.2) is 26.2 Å². The average molecular weight is 407 g/mol. The zero-order chi connectivity index (χ0) is 19.4. The van der Waals surface area contributed by atoms with Gasteiger partial charge in [0, 0.05) is 23.1 Å². The minimum Gasteiger partial charge on any atom is -0.494 e. The first kappa shape index (κ1) is 19.7. The molecule has 0 saturated carbocycles. The number of anilines is 1. The molecule has 8 heteroatoms. The van der Waals surface area contributed by atoms with Gasteiger partial charge in [0.2, 0.25) is 15.9 Å².